The maximum atomic E-state index is 11.9. The number of rotatable bonds is 4. The molecule has 0 spiro atoms. The normalized spacial score (nSPS) is 9.90. The Morgan fingerprint density at radius 3 is 2.40 bits per heavy atom. The average Bonchev–Trinajstić information content (AvgIpc) is 2.48. The molecule has 0 radical (unpaired) electrons. The van der Waals surface area contributed by atoms with E-state index >= 15 is 0 Å². The van der Waals surface area contributed by atoms with Crippen LogP contribution in [0.3, 0.4) is 0 Å². The van der Waals surface area contributed by atoms with E-state index in [0.29, 0.717) is 5.69 Å². The molecular formula is C15H16N2O2S. The Kier molecular flexibility index (Phi) is 4.90. The molecule has 4 nitrogen and oxygen atoms in total. The Balaban J connectivity index is 1.97. The van der Waals surface area contributed by atoms with Gasteiger partial charge in [-0.25, -0.2) is 4.79 Å². The first-order valence-electron chi connectivity index (χ1n) is 6.07. The van der Waals surface area contributed by atoms with Crippen LogP contribution in [0.1, 0.15) is 0 Å². The fourth-order valence-electron chi connectivity index (χ4n) is 1.67. The number of ether oxygens (including phenoxy) is 1. The molecule has 104 valence electrons. The lowest BCUT2D eigenvalue weighted by atomic mass is 10.3. The average molecular weight is 288 g/mol. The van der Waals surface area contributed by atoms with Gasteiger partial charge in [0.1, 0.15) is 5.75 Å². The van der Waals surface area contributed by atoms with E-state index in [1.165, 1.54) is 0 Å². The van der Waals surface area contributed by atoms with Gasteiger partial charge in [0.25, 0.3) is 0 Å². The fourth-order valence-corrected chi connectivity index (χ4v) is 2.13. The van der Waals surface area contributed by atoms with Crippen LogP contribution in [-0.2, 0) is 0 Å². The van der Waals surface area contributed by atoms with E-state index in [-0.39, 0.29) is 6.03 Å². The second kappa shape index (κ2) is 6.86. The summed E-state index contributed by atoms with van der Waals surface area (Å²) in [5.41, 5.74) is 1.48. The van der Waals surface area contributed by atoms with Gasteiger partial charge in [-0.05, 0) is 48.7 Å². The van der Waals surface area contributed by atoms with Crippen molar-refractivity contribution in [3.63, 3.8) is 0 Å². The zero-order valence-electron chi connectivity index (χ0n) is 11.3. The van der Waals surface area contributed by atoms with Gasteiger partial charge in [0.05, 0.1) is 7.11 Å². The molecule has 0 heterocycles. The zero-order valence-corrected chi connectivity index (χ0v) is 12.2. The van der Waals surface area contributed by atoms with Crippen molar-refractivity contribution in [3.05, 3.63) is 48.5 Å². The molecule has 2 rings (SSSR count). The van der Waals surface area contributed by atoms with Gasteiger partial charge in [0, 0.05) is 16.3 Å². The summed E-state index contributed by atoms with van der Waals surface area (Å²) in [7, 11) is 1.61. The van der Waals surface area contributed by atoms with E-state index in [1.807, 2.05) is 30.5 Å². The van der Waals surface area contributed by atoms with Gasteiger partial charge in [-0.15, -0.1) is 11.8 Å². The summed E-state index contributed by atoms with van der Waals surface area (Å²) < 4.78 is 5.06. The number of benzene rings is 2. The quantitative estimate of drug-likeness (QED) is 0.834. The number of nitrogens with one attached hydrogen (secondary N) is 2. The summed E-state index contributed by atoms with van der Waals surface area (Å²) >= 11 is 1.63. The van der Waals surface area contributed by atoms with E-state index < -0.39 is 0 Å². The first-order chi connectivity index (χ1) is 9.71. The highest BCUT2D eigenvalue weighted by Crippen LogP contribution is 2.19. The third-order valence-electron chi connectivity index (χ3n) is 2.68. The van der Waals surface area contributed by atoms with Gasteiger partial charge < -0.3 is 15.4 Å². The van der Waals surface area contributed by atoms with Crippen LogP contribution >= 0.6 is 11.8 Å². The molecular weight excluding hydrogens is 272 g/mol. The van der Waals surface area contributed by atoms with Crippen molar-refractivity contribution in [1.29, 1.82) is 0 Å². The van der Waals surface area contributed by atoms with Gasteiger partial charge >= 0.3 is 6.03 Å². The topological polar surface area (TPSA) is 50.4 Å². The van der Waals surface area contributed by atoms with Crippen molar-refractivity contribution in [2.75, 3.05) is 24.0 Å². The summed E-state index contributed by atoms with van der Waals surface area (Å²) in [6.07, 6.45) is 2.00. The van der Waals surface area contributed by atoms with Crippen LogP contribution in [0.15, 0.2) is 53.4 Å². The highest BCUT2D eigenvalue weighted by molar-refractivity contribution is 7.98. The third kappa shape index (κ3) is 3.93. The van der Waals surface area contributed by atoms with Crippen LogP contribution in [0.25, 0.3) is 0 Å². The molecule has 0 aliphatic heterocycles. The number of urea groups is 1. The Morgan fingerprint density at radius 2 is 1.75 bits per heavy atom. The minimum absolute atomic E-state index is 0.270. The van der Waals surface area contributed by atoms with Crippen LogP contribution in [0.2, 0.25) is 0 Å². The molecule has 0 fully saturated rings. The SMILES string of the molecule is COc1ccc(NC(=O)Nc2cccc(SC)c2)cc1. The smallest absolute Gasteiger partial charge is 0.323 e. The second-order valence-electron chi connectivity index (χ2n) is 4.04. The molecule has 2 N–H and O–H groups in total. The molecule has 20 heavy (non-hydrogen) atoms. The Bertz CT molecular complexity index is 585. The van der Waals surface area contributed by atoms with Crippen LogP contribution in [0, 0.1) is 0 Å². The lowest BCUT2D eigenvalue weighted by Crippen LogP contribution is -2.19. The molecule has 0 saturated carbocycles. The maximum absolute atomic E-state index is 11.9. The summed E-state index contributed by atoms with van der Waals surface area (Å²) in [4.78, 5) is 13.0. The Labute approximate surface area is 122 Å². The van der Waals surface area contributed by atoms with Crippen molar-refractivity contribution < 1.29 is 9.53 Å². The second-order valence-corrected chi connectivity index (χ2v) is 4.92. The predicted octanol–water partition coefficient (Wildman–Crippen LogP) is 4.06. The van der Waals surface area contributed by atoms with Gasteiger partial charge in [-0.2, -0.15) is 0 Å². The molecule has 2 aromatic carbocycles. The first-order valence-corrected chi connectivity index (χ1v) is 7.30. The number of methoxy groups -OCH3 is 1. The van der Waals surface area contributed by atoms with E-state index in [2.05, 4.69) is 10.6 Å². The third-order valence-corrected chi connectivity index (χ3v) is 3.40. The summed E-state index contributed by atoms with van der Waals surface area (Å²) in [6, 6.07) is 14.6. The maximum Gasteiger partial charge on any atom is 0.323 e. The number of thioether (sulfide) groups is 1. The van der Waals surface area contributed by atoms with E-state index in [9.17, 15) is 4.79 Å². The van der Waals surface area contributed by atoms with Gasteiger partial charge in [0.15, 0.2) is 0 Å². The number of hydrogen-bond donors (Lipinski definition) is 2. The minimum atomic E-state index is -0.270. The Morgan fingerprint density at radius 1 is 1.05 bits per heavy atom. The van der Waals surface area contributed by atoms with Crippen molar-refractivity contribution in [2.45, 2.75) is 4.90 Å². The molecule has 0 bridgehead atoms. The molecule has 2 amide bonds. The summed E-state index contributed by atoms with van der Waals surface area (Å²) in [5, 5.41) is 5.57. The molecule has 5 heteroatoms. The number of hydrogen-bond acceptors (Lipinski definition) is 3. The molecule has 0 aromatic heterocycles. The largest absolute Gasteiger partial charge is 0.497 e. The molecule has 0 aliphatic carbocycles. The van der Waals surface area contributed by atoms with E-state index in [1.54, 1.807) is 43.1 Å². The molecule has 0 unspecified atom stereocenters. The van der Waals surface area contributed by atoms with Crippen molar-refractivity contribution in [2.24, 2.45) is 0 Å². The molecule has 0 atom stereocenters. The van der Waals surface area contributed by atoms with Gasteiger partial charge in [-0.3, -0.25) is 0 Å². The Hall–Kier alpha value is -2.14. The summed E-state index contributed by atoms with van der Waals surface area (Å²) in [6.45, 7) is 0. The van der Waals surface area contributed by atoms with Crippen molar-refractivity contribution >= 4 is 29.2 Å². The lowest BCUT2D eigenvalue weighted by Gasteiger charge is -2.09. The standard InChI is InChI=1S/C15H16N2O2S/c1-19-13-8-6-11(7-9-13)16-15(18)17-12-4-3-5-14(10-12)20-2/h3-10H,1-2H3,(H2,16,17,18). The molecule has 0 saturated heterocycles. The van der Waals surface area contributed by atoms with Crippen LogP contribution in [0.5, 0.6) is 5.75 Å². The van der Waals surface area contributed by atoms with Crippen LogP contribution < -0.4 is 15.4 Å². The van der Waals surface area contributed by atoms with Crippen LogP contribution in [-0.4, -0.2) is 19.4 Å². The number of amides is 2. The minimum Gasteiger partial charge on any atom is -0.497 e. The van der Waals surface area contributed by atoms with Crippen LogP contribution in [0.4, 0.5) is 16.2 Å². The van der Waals surface area contributed by atoms with Crippen molar-refractivity contribution in [1.82, 2.24) is 0 Å². The monoisotopic (exact) mass is 288 g/mol. The number of carbonyl (C=O) groups excluding carboxylic acids is 1. The van der Waals surface area contributed by atoms with Gasteiger partial charge in [0.2, 0.25) is 0 Å². The highest BCUT2D eigenvalue weighted by Gasteiger charge is 2.03. The highest BCUT2D eigenvalue weighted by atomic mass is 32.2. The lowest BCUT2D eigenvalue weighted by molar-refractivity contribution is 0.262. The summed E-state index contributed by atoms with van der Waals surface area (Å²) in [5.74, 6) is 0.753. The predicted molar refractivity (Wildman–Crippen MR) is 83.9 cm³/mol. The fraction of sp³-hybridized carbons (Fsp3) is 0.133. The zero-order chi connectivity index (χ0) is 14.4. The molecule has 0 aliphatic rings. The van der Waals surface area contributed by atoms with Gasteiger partial charge in [-0.1, -0.05) is 6.07 Å². The number of carbonyl (C=O) groups is 1. The number of anilines is 2. The van der Waals surface area contributed by atoms with E-state index in [0.717, 1.165) is 16.3 Å². The molecule has 2 aromatic rings. The van der Waals surface area contributed by atoms with E-state index in [4.69, 9.17) is 4.74 Å². The van der Waals surface area contributed by atoms with Crippen molar-refractivity contribution in [3.8, 4) is 5.75 Å². The first kappa shape index (κ1) is 14.3.